The normalized spacial score (nSPS) is 11.5. The van der Waals surface area contributed by atoms with E-state index in [9.17, 15) is 0 Å². The zero-order valence-corrected chi connectivity index (χ0v) is 5.65. The molecule has 0 aromatic carbocycles. The highest BCUT2D eigenvalue weighted by molar-refractivity contribution is 5.53. The van der Waals surface area contributed by atoms with Crippen molar-refractivity contribution >= 4 is 6.34 Å². The highest BCUT2D eigenvalue weighted by atomic mass is 15.0. The summed E-state index contributed by atoms with van der Waals surface area (Å²) in [5.41, 5.74) is 0.678. The van der Waals surface area contributed by atoms with E-state index in [0.29, 0.717) is 5.49 Å². The first kappa shape index (κ1) is 6.67. The van der Waals surface area contributed by atoms with Crippen LogP contribution in [0.2, 0.25) is 0 Å². The van der Waals surface area contributed by atoms with Gasteiger partial charge in [0.2, 0.25) is 0 Å². The molecule has 0 aliphatic rings. The molecular formula is C6H8N4. The van der Waals surface area contributed by atoms with Crippen LogP contribution in [0.4, 0.5) is 0 Å². The van der Waals surface area contributed by atoms with Crippen molar-refractivity contribution in [2.75, 3.05) is 7.05 Å². The molecule has 4 nitrogen and oxygen atoms in total. The van der Waals surface area contributed by atoms with E-state index in [1.807, 2.05) is 0 Å². The fourth-order valence-corrected chi connectivity index (χ4v) is 0.645. The standard InChI is InChI=1S/C6H8N4/c1-8-6-4-9-2-3-10(6)5-7/h2-5,7H,1H3/b7-5?,8-6-. The maximum absolute atomic E-state index is 6.94. The molecule has 0 aliphatic carbocycles. The van der Waals surface area contributed by atoms with Gasteiger partial charge in [0.1, 0.15) is 0 Å². The SMILES string of the molecule is C/N=c1/cnccn1C=N. The Morgan fingerprint density at radius 2 is 2.60 bits per heavy atom. The van der Waals surface area contributed by atoms with E-state index in [0.717, 1.165) is 0 Å². The predicted molar refractivity (Wildman–Crippen MR) is 37.9 cm³/mol. The topological polar surface area (TPSA) is 54.0 Å². The van der Waals surface area contributed by atoms with Crippen molar-refractivity contribution in [3.05, 3.63) is 24.1 Å². The highest BCUT2D eigenvalue weighted by Crippen LogP contribution is 1.69. The van der Waals surface area contributed by atoms with E-state index in [4.69, 9.17) is 5.41 Å². The van der Waals surface area contributed by atoms with E-state index in [1.54, 1.807) is 30.2 Å². The molecule has 1 aromatic heterocycles. The van der Waals surface area contributed by atoms with Gasteiger partial charge in [-0.25, -0.2) is 0 Å². The summed E-state index contributed by atoms with van der Waals surface area (Å²) in [6, 6.07) is 0. The van der Waals surface area contributed by atoms with Crippen molar-refractivity contribution in [2.24, 2.45) is 4.99 Å². The molecule has 10 heavy (non-hydrogen) atoms. The molecule has 1 aromatic rings. The van der Waals surface area contributed by atoms with Gasteiger partial charge in [0.05, 0.1) is 12.5 Å². The molecule has 0 fully saturated rings. The van der Waals surface area contributed by atoms with E-state index >= 15 is 0 Å². The van der Waals surface area contributed by atoms with Crippen LogP contribution in [0.25, 0.3) is 0 Å². The van der Waals surface area contributed by atoms with Crippen LogP contribution in [0.3, 0.4) is 0 Å². The number of hydrogen-bond acceptors (Lipinski definition) is 3. The minimum Gasteiger partial charge on any atom is -0.291 e. The fraction of sp³-hybridized carbons (Fsp3) is 0.167. The summed E-state index contributed by atoms with van der Waals surface area (Å²) < 4.78 is 1.58. The van der Waals surface area contributed by atoms with Gasteiger partial charge in [-0.15, -0.1) is 0 Å². The van der Waals surface area contributed by atoms with Crippen molar-refractivity contribution in [2.45, 2.75) is 0 Å². The average Bonchev–Trinajstić information content (AvgIpc) is 2.04. The Labute approximate surface area is 58.4 Å². The molecule has 1 N–H and O–H groups in total. The summed E-state index contributed by atoms with van der Waals surface area (Å²) in [5.74, 6) is 0. The van der Waals surface area contributed by atoms with Gasteiger partial charge in [0.25, 0.3) is 0 Å². The van der Waals surface area contributed by atoms with Crippen LogP contribution < -0.4 is 5.49 Å². The minimum absolute atomic E-state index is 0.678. The van der Waals surface area contributed by atoms with Gasteiger partial charge in [-0.3, -0.25) is 20.0 Å². The smallest absolute Gasteiger partial charge is 0.151 e. The molecular weight excluding hydrogens is 128 g/mol. The first-order valence-electron chi connectivity index (χ1n) is 2.84. The summed E-state index contributed by atoms with van der Waals surface area (Å²) >= 11 is 0. The Morgan fingerprint density at radius 1 is 1.80 bits per heavy atom. The zero-order chi connectivity index (χ0) is 7.40. The van der Waals surface area contributed by atoms with Crippen LogP contribution >= 0.6 is 0 Å². The van der Waals surface area contributed by atoms with Crippen LogP contribution in [0.1, 0.15) is 0 Å². The van der Waals surface area contributed by atoms with Crippen molar-refractivity contribution in [3.8, 4) is 0 Å². The summed E-state index contributed by atoms with van der Waals surface area (Å²) in [5, 5.41) is 6.94. The van der Waals surface area contributed by atoms with Gasteiger partial charge >= 0.3 is 0 Å². The summed E-state index contributed by atoms with van der Waals surface area (Å²) in [6.07, 6.45) is 6.07. The summed E-state index contributed by atoms with van der Waals surface area (Å²) in [4.78, 5) is 7.74. The number of hydrogen-bond donors (Lipinski definition) is 1. The number of rotatable bonds is 1. The monoisotopic (exact) mass is 136 g/mol. The number of nitrogens with one attached hydrogen (secondary N) is 1. The van der Waals surface area contributed by atoms with Gasteiger partial charge in [-0.1, -0.05) is 0 Å². The van der Waals surface area contributed by atoms with Gasteiger partial charge in [-0.2, -0.15) is 0 Å². The predicted octanol–water partition coefficient (Wildman–Crippen LogP) is -0.131. The second-order valence-electron chi connectivity index (χ2n) is 1.69. The third-order valence-electron chi connectivity index (χ3n) is 1.14. The Kier molecular flexibility index (Phi) is 1.94. The van der Waals surface area contributed by atoms with Gasteiger partial charge in [0.15, 0.2) is 5.49 Å². The molecule has 0 unspecified atom stereocenters. The molecule has 0 saturated carbocycles. The number of aromatic nitrogens is 2. The first-order chi connectivity index (χ1) is 4.88. The summed E-state index contributed by atoms with van der Waals surface area (Å²) in [6.45, 7) is 0. The van der Waals surface area contributed by atoms with E-state index in [1.165, 1.54) is 6.34 Å². The maximum Gasteiger partial charge on any atom is 0.151 e. The Balaban J connectivity index is 3.36. The number of nitrogens with zero attached hydrogens (tertiary/aromatic N) is 3. The Morgan fingerprint density at radius 3 is 3.10 bits per heavy atom. The molecule has 0 amide bonds. The molecule has 0 aliphatic heterocycles. The third kappa shape index (κ3) is 1.10. The van der Waals surface area contributed by atoms with Gasteiger partial charge in [0, 0.05) is 19.4 Å². The largest absolute Gasteiger partial charge is 0.291 e. The Bertz CT molecular complexity index is 286. The van der Waals surface area contributed by atoms with Crippen LogP contribution in [-0.2, 0) is 0 Å². The van der Waals surface area contributed by atoms with Crippen molar-refractivity contribution in [1.82, 2.24) is 9.55 Å². The van der Waals surface area contributed by atoms with Crippen LogP contribution in [-0.4, -0.2) is 22.9 Å². The van der Waals surface area contributed by atoms with Crippen molar-refractivity contribution in [3.63, 3.8) is 0 Å². The first-order valence-corrected chi connectivity index (χ1v) is 2.84. The second kappa shape index (κ2) is 2.91. The molecule has 1 rings (SSSR count). The quantitative estimate of drug-likeness (QED) is 0.424. The molecule has 52 valence electrons. The fourth-order valence-electron chi connectivity index (χ4n) is 0.645. The van der Waals surface area contributed by atoms with E-state index in [-0.39, 0.29) is 0 Å². The molecule has 0 spiro atoms. The third-order valence-corrected chi connectivity index (χ3v) is 1.14. The van der Waals surface area contributed by atoms with Crippen molar-refractivity contribution < 1.29 is 0 Å². The maximum atomic E-state index is 6.94. The van der Waals surface area contributed by atoms with E-state index in [2.05, 4.69) is 9.98 Å². The molecule has 1 heterocycles. The molecule has 4 heteroatoms. The Hall–Kier alpha value is -1.45. The van der Waals surface area contributed by atoms with Gasteiger partial charge in [-0.05, 0) is 0 Å². The molecule has 0 radical (unpaired) electrons. The lowest BCUT2D eigenvalue weighted by Crippen LogP contribution is -2.19. The van der Waals surface area contributed by atoms with Crippen molar-refractivity contribution in [1.29, 1.82) is 5.41 Å². The van der Waals surface area contributed by atoms with Crippen LogP contribution in [0.5, 0.6) is 0 Å². The molecule has 0 saturated heterocycles. The zero-order valence-electron chi connectivity index (χ0n) is 5.65. The highest BCUT2D eigenvalue weighted by Gasteiger charge is 1.82. The summed E-state index contributed by atoms with van der Waals surface area (Å²) in [7, 11) is 1.66. The lowest BCUT2D eigenvalue weighted by molar-refractivity contribution is 0.964. The lowest BCUT2D eigenvalue weighted by Gasteiger charge is -1.94. The average molecular weight is 136 g/mol. The van der Waals surface area contributed by atoms with Crippen LogP contribution in [0, 0.1) is 5.41 Å². The van der Waals surface area contributed by atoms with Crippen LogP contribution in [0.15, 0.2) is 23.6 Å². The minimum atomic E-state index is 0.678. The second-order valence-corrected chi connectivity index (χ2v) is 1.69. The van der Waals surface area contributed by atoms with E-state index < -0.39 is 0 Å². The van der Waals surface area contributed by atoms with Gasteiger partial charge < -0.3 is 0 Å². The lowest BCUT2D eigenvalue weighted by atomic mass is 10.7. The molecule has 0 atom stereocenters. The molecule has 0 bridgehead atoms.